The molecule has 0 unspecified atom stereocenters. The van der Waals surface area contributed by atoms with Crippen LogP contribution in [0.3, 0.4) is 0 Å². The van der Waals surface area contributed by atoms with Gasteiger partial charge in [0.15, 0.2) is 0 Å². The highest BCUT2D eigenvalue weighted by Gasteiger charge is 2.29. The van der Waals surface area contributed by atoms with E-state index in [9.17, 15) is 4.79 Å². The van der Waals surface area contributed by atoms with E-state index in [1.54, 1.807) is 24.7 Å². The summed E-state index contributed by atoms with van der Waals surface area (Å²) < 4.78 is 5.53. The summed E-state index contributed by atoms with van der Waals surface area (Å²) in [6.45, 7) is 3.46. The fraction of sp³-hybridized carbons (Fsp3) is 0.333. The van der Waals surface area contributed by atoms with Crippen molar-refractivity contribution in [1.82, 2.24) is 14.8 Å². The van der Waals surface area contributed by atoms with E-state index >= 15 is 0 Å². The molecule has 30 heavy (non-hydrogen) atoms. The van der Waals surface area contributed by atoms with Gasteiger partial charge < -0.3 is 14.2 Å². The van der Waals surface area contributed by atoms with Crippen LogP contribution >= 0.6 is 11.6 Å². The van der Waals surface area contributed by atoms with Crippen LogP contribution in [0.5, 0.6) is 0 Å². The second-order valence-electron chi connectivity index (χ2n) is 7.70. The molecule has 156 valence electrons. The lowest BCUT2D eigenvalue weighted by Crippen LogP contribution is -2.47. The second kappa shape index (κ2) is 9.92. The lowest BCUT2D eigenvalue weighted by molar-refractivity contribution is 0.0531. The zero-order valence-corrected chi connectivity index (χ0v) is 17.7. The Morgan fingerprint density at radius 1 is 1.13 bits per heavy atom. The number of halogens is 1. The predicted molar refractivity (Wildman–Crippen MR) is 117 cm³/mol. The van der Waals surface area contributed by atoms with Crippen molar-refractivity contribution >= 4 is 17.5 Å². The number of nitrogens with zero attached hydrogens (tertiary/aromatic N) is 3. The van der Waals surface area contributed by atoms with Crippen LogP contribution < -0.4 is 0 Å². The molecule has 6 heteroatoms. The fourth-order valence-corrected chi connectivity index (χ4v) is 4.11. The van der Waals surface area contributed by atoms with Gasteiger partial charge in [-0.3, -0.25) is 9.78 Å². The molecule has 0 atom stereocenters. The van der Waals surface area contributed by atoms with Crippen LogP contribution in [-0.4, -0.2) is 46.4 Å². The summed E-state index contributed by atoms with van der Waals surface area (Å²) in [5.41, 5.74) is 1.92. The van der Waals surface area contributed by atoms with Gasteiger partial charge in [0.25, 0.3) is 5.91 Å². The third kappa shape index (κ3) is 5.29. The van der Waals surface area contributed by atoms with Crippen LogP contribution in [0, 0.1) is 0 Å². The maximum atomic E-state index is 13.2. The number of benzene rings is 1. The first-order valence-corrected chi connectivity index (χ1v) is 10.8. The van der Waals surface area contributed by atoms with Gasteiger partial charge in [0.05, 0.1) is 18.4 Å². The summed E-state index contributed by atoms with van der Waals surface area (Å²) in [6.07, 6.45) is 7.89. The van der Waals surface area contributed by atoms with Crippen molar-refractivity contribution in [2.24, 2.45) is 0 Å². The smallest absolute Gasteiger partial charge is 0.256 e. The number of furan rings is 1. The molecule has 1 saturated heterocycles. The number of piperidine rings is 1. The third-order valence-electron chi connectivity index (χ3n) is 5.70. The van der Waals surface area contributed by atoms with E-state index in [1.807, 2.05) is 35.2 Å². The van der Waals surface area contributed by atoms with E-state index < -0.39 is 0 Å². The molecule has 2 aromatic heterocycles. The Morgan fingerprint density at radius 2 is 1.93 bits per heavy atom. The highest BCUT2D eigenvalue weighted by atomic mass is 35.5. The van der Waals surface area contributed by atoms with Gasteiger partial charge >= 0.3 is 0 Å². The zero-order valence-electron chi connectivity index (χ0n) is 16.9. The van der Waals surface area contributed by atoms with Gasteiger partial charge in [0.2, 0.25) is 0 Å². The molecule has 0 N–H and O–H groups in total. The summed E-state index contributed by atoms with van der Waals surface area (Å²) in [6, 6.07) is 15.7. The zero-order chi connectivity index (χ0) is 20.8. The Labute approximate surface area is 182 Å². The Bertz CT molecular complexity index is 921. The molecule has 1 aliphatic rings. The highest BCUT2D eigenvalue weighted by Crippen LogP contribution is 2.22. The van der Waals surface area contributed by atoms with Gasteiger partial charge in [0, 0.05) is 43.1 Å². The fourth-order valence-electron chi connectivity index (χ4n) is 3.99. The third-order valence-corrected chi connectivity index (χ3v) is 5.96. The van der Waals surface area contributed by atoms with Crippen molar-refractivity contribution in [3.05, 3.63) is 89.1 Å². The largest absolute Gasteiger partial charge is 0.467 e. The summed E-state index contributed by atoms with van der Waals surface area (Å²) in [5.74, 6) is 0.816. The predicted octanol–water partition coefficient (Wildman–Crippen LogP) is 4.68. The highest BCUT2D eigenvalue weighted by molar-refractivity contribution is 6.30. The molecule has 0 bridgehead atoms. The number of aromatic nitrogens is 1. The first-order valence-electron chi connectivity index (χ1n) is 10.4. The average molecular weight is 424 g/mol. The van der Waals surface area contributed by atoms with E-state index in [0.29, 0.717) is 12.1 Å². The summed E-state index contributed by atoms with van der Waals surface area (Å²) in [5, 5.41) is 0.773. The monoisotopic (exact) mass is 423 g/mol. The van der Waals surface area contributed by atoms with Gasteiger partial charge in [-0.1, -0.05) is 23.7 Å². The van der Waals surface area contributed by atoms with E-state index in [-0.39, 0.29) is 11.9 Å². The van der Waals surface area contributed by atoms with Crippen LogP contribution in [0.15, 0.2) is 71.6 Å². The maximum absolute atomic E-state index is 13.2. The van der Waals surface area contributed by atoms with Gasteiger partial charge in [0.1, 0.15) is 5.76 Å². The minimum absolute atomic E-state index is 0.0131. The van der Waals surface area contributed by atoms with Crippen LogP contribution in [0.2, 0.25) is 5.02 Å². The SMILES string of the molecule is O=C(c1cccnc1)N(Cc1ccco1)C1CCN(CCc2ccc(Cl)cc2)CC1. The van der Waals surface area contributed by atoms with Gasteiger partial charge in [-0.05, 0) is 61.2 Å². The molecule has 0 radical (unpaired) electrons. The van der Waals surface area contributed by atoms with E-state index in [0.717, 1.165) is 49.7 Å². The van der Waals surface area contributed by atoms with Crippen LogP contribution in [0.1, 0.15) is 34.5 Å². The number of hydrogen-bond acceptors (Lipinski definition) is 4. The number of likely N-dealkylation sites (tertiary alicyclic amines) is 1. The molecule has 5 nitrogen and oxygen atoms in total. The van der Waals surface area contributed by atoms with Crippen molar-refractivity contribution in [3.63, 3.8) is 0 Å². The molecule has 3 aromatic rings. The Morgan fingerprint density at radius 3 is 2.60 bits per heavy atom. The van der Waals surface area contributed by atoms with Crippen molar-refractivity contribution in [1.29, 1.82) is 0 Å². The molecule has 1 aromatic carbocycles. The lowest BCUT2D eigenvalue weighted by Gasteiger charge is -2.38. The first-order chi connectivity index (χ1) is 14.7. The molecule has 0 saturated carbocycles. The van der Waals surface area contributed by atoms with Crippen LogP contribution in [0.25, 0.3) is 0 Å². The molecular weight excluding hydrogens is 398 g/mol. The van der Waals surface area contributed by atoms with Crippen molar-refractivity contribution in [3.8, 4) is 0 Å². The minimum atomic E-state index is 0.0131. The topological polar surface area (TPSA) is 49.6 Å². The van der Waals surface area contributed by atoms with Crippen molar-refractivity contribution in [2.45, 2.75) is 31.8 Å². The Hall–Kier alpha value is -2.63. The maximum Gasteiger partial charge on any atom is 0.256 e. The summed E-state index contributed by atoms with van der Waals surface area (Å²) in [7, 11) is 0. The molecule has 1 fully saturated rings. The number of pyridine rings is 1. The average Bonchev–Trinajstić information content (AvgIpc) is 3.31. The van der Waals surface area contributed by atoms with E-state index in [4.69, 9.17) is 16.0 Å². The Kier molecular flexibility index (Phi) is 6.82. The molecular formula is C24H26ClN3O2. The summed E-state index contributed by atoms with van der Waals surface area (Å²) >= 11 is 5.97. The number of carbonyl (C=O) groups excluding carboxylic acids is 1. The first kappa shape index (κ1) is 20.6. The van der Waals surface area contributed by atoms with E-state index in [2.05, 4.69) is 22.0 Å². The van der Waals surface area contributed by atoms with Gasteiger partial charge in [-0.25, -0.2) is 0 Å². The molecule has 0 spiro atoms. The van der Waals surface area contributed by atoms with Crippen LogP contribution in [0.4, 0.5) is 0 Å². The number of hydrogen-bond donors (Lipinski definition) is 0. The molecule has 1 aliphatic heterocycles. The van der Waals surface area contributed by atoms with Gasteiger partial charge in [-0.15, -0.1) is 0 Å². The number of rotatable bonds is 7. The summed E-state index contributed by atoms with van der Waals surface area (Å²) in [4.78, 5) is 21.8. The number of carbonyl (C=O) groups is 1. The molecule has 0 aliphatic carbocycles. The standard InChI is InChI=1S/C24H26ClN3O2/c25-21-7-5-19(6-8-21)9-13-27-14-10-22(11-15-27)28(18-23-4-2-16-30-23)24(29)20-3-1-12-26-17-20/h1-8,12,16-17,22H,9-11,13-15,18H2. The number of amides is 1. The minimum Gasteiger partial charge on any atom is -0.467 e. The Balaban J connectivity index is 1.37. The second-order valence-corrected chi connectivity index (χ2v) is 8.14. The van der Waals surface area contributed by atoms with Gasteiger partial charge in [-0.2, -0.15) is 0 Å². The van der Waals surface area contributed by atoms with E-state index in [1.165, 1.54) is 5.56 Å². The quantitative estimate of drug-likeness (QED) is 0.553. The van der Waals surface area contributed by atoms with Crippen LogP contribution in [-0.2, 0) is 13.0 Å². The normalized spacial score (nSPS) is 15.2. The molecule has 1 amide bonds. The van der Waals surface area contributed by atoms with Crippen molar-refractivity contribution < 1.29 is 9.21 Å². The van der Waals surface area contributed by atoms with Crippen molar-refractivity contribution in [2.75, 3.05) is 19.6 Å². The lowest BCUT2D eigenvalue weighted by atomic mass is 10.0. The molecule has 4 rings (SSSR count). The molecule has 3 heterocycles.